The Balaban J connectivity index is 2.14. The predicted octanol–water partition coefficient (Wildman–Crippen LogP) is 1.83. The van der Waals surface area contributed by atoms with Gasteiger partial charge in [-0.25, -0.2) is 4.79 Å². The summed E-state index contributed by atoms with van der Waals surface area (Å²) in [6.07, 6.45) is 0. The molecule has 1 unspecified atom stereocenters. The van der Waals surface area contributed by atoms with E-state index in [-0.39, 0.29) is 5.91 Å². The zero-order chi connectivity index (χ0) is 12.9. The second kappa shape index (κ2) is 3.35. The Labute approximate surface area is 103 Å². The maximum atomic E-state index is 12.1. The summed E-state index contributed by atoms with van der Waals surface area (Å²) in [5.74, 6) is 0.137. The number of furan rings is 1. The average molecular weight is 244 g/mol. The van der Waals surface area contributed by atoms with Crippen molar-refractivity contribution < 1.29 is 14.0 Å². The SMILES string of the molecule is CN1C(=O)NC(C)(c2cc3ccccc3o2)C1=O. The van der Waals surface area contributed by atoms with Crippen LogP contribution in [-0.2, 0) is 10.3 Å². The lowest BCUT2D eigenvalue weighted by molar-refractivity contribution is -0.130. The number of carbonyl (C=O) groups excluding carboxylic acids is 2. The summed E-state index contributed by atoms with van der Waals surface area (Å²) >= 11 is 0. The van der Waals surface area contributed by atoms with Crippen molar-refractivity contribution in [2.75, 3.05) is 7.05 Å². The summed E-state index contributed by atoms with van der Waals surface area (Å²) in [5, 5.41) is 3.56. The van der Waals surface area contributed by atoms with Crippen LogP contribution in [0.25, 0.3) is 11.0 Å². The van der Waals surface area contributed by atoms with Gasteiger partial charge in [-0.05, 0) is 19.1 Å². The molecule has 2 aromatic rings. The minimum atomic E-state index is -1.12. The molecular weight excluding hydrogens is 232 g/mol. The number of fused-ring (bicyclic) bond motifs is 1. The number of para-hydroxylation sites is 1. The number of likely N-dealkylation sites (N-methyl/N-ethyl adjacent to an activating group) is 1. The molecule has 0 saturated carbocycles. The van der Waals surface area contributed by atoms with Crippen LogP contribution in [0.2, 0.25) is 0 Å². The molecule has 5 heteroatoms. The van der Waals surface area contributed by atoms with Crippen LogP contribution in [0, 0.1) is 0 Å². The number of rotatable bonds is 1. The van der Waals surface area contributed by atoms with Gasteiger partial charge in [0.25, 0.3) is 5.91 Å². The molecule has 0 spiro atoms. The number of urea groups is 1. The number of hydrogen-bond donors (Lipinski definition) is 1. The Kier molecular flexibility index (Phi) is 2.02. The van der Waals surface area contributed by atoms with E-state index in [0.717, 1.165) is 10.3 Å². The lowest BCUT2D eigenvalue weighted by atomic mass is 9.99. The lowest BCUT2D eigenvalue weighted by Crippen LogP contribution is -2.40. The highest BCUT2D eigenvalue weighted by Gasteiger charge is 2.49. The quantitative estimate of drug-likeness (QED) is 0.778. The zero-order valence-corrected chi connectivity index (χ0v) is 10.1. The molecule has 0 aliphatic carbocycles. The van der Waals surface area contributed by atoms with Crippen LogP contribution in [0.3, 0.4) is 0 Å². The van der Waals surface area contributed by atoms with E-state index in [9.17, 15) is 9.59 Å². The van der Waals surface area contributed by atoms with Crippen molar-refractivity contribution in [2.24, 2.45) is 0 Å². The molecule has 1 saturated heterocycles. The van der Waals surface area contributed by atoms with E-state index in [1.807, 2.05) is 24.3 Å². The van der Waals surface area contributed by atoms with Crippen molar-refractivity contribution in [1.82, 2.24) is 10.2 Å². The Morgan fingerprint density at radius 3 is 2.61 bits per heavy atom. The van der Waals surface area contributed by atoms with Gasteiger partial charge in [0.2, 0.25) is 0 Å². The molecule has 92 valence electrons. The third-order valence-electron chi connectivity index (χ3n) is 3.31. The number of nitrogens with zero attached hydrogens (tertiary/aromatic N) is 1. The average Bonchev–Trinajstić information content (AvgIpc) is 2.87. The fraction of sp³-hybridized carbons (Fsp3) is 0.231. The van der Waals surface area contributed by atoms with E-state index >= 15 is 0 Å². The van der Waals surface area contributed by atoms with Crippen molar-refractivity contribution >= 4 is 22.9 Å². The summed E-state index contributed by atoms with van der Waals surface area (Å²) < 4.78 is 5.66. The second-order valence-electron chi connectivity index (χ2n) is 4.57. The van der Waals surface area contributed by atoms with Gasteiger partial charge in [0.15, 0.2) is 5.54 Å². The van der Waals surface area contributed by atoms with Gasteiger partial charge in [0.1, 0.15) is 11.3 Å². The van der Waals surface area contributed by atoms with Gasteiger partial charge < -0.3 is 9.73 Å². The molecule has 1 aliphatic rings. The number of amides is 3. The molecule has 0 bridgehead atoms. The lowest BCUT2D eigenvalue weighted by Gasteiger charge is -2.17. The highest BCUT2D eigenvalue weighted by atomic mass is 16.3. The van der Waals surface area contributed by atoms with E-state index in [4.69, 9.17) is 4.42 Å². The van der Waals surface area contributed by atoms with Crippen molar-refractivity contribution in [2.45, 2.75) is 12.5 Å². The molecule has 1 aromatic carbocycles. The van der Waals surface area contributed by atoms with Gasteiger partial charge in [-0.1, -0.05) is 18.2 Å². The zero-order valence-electron chi connectivity index (χ0n) is 10.1. The van der Waals surface area contributed by atoms with Crippen molar-refractivity contribution in [3.8, 4) is 0 Å². The minimum absolute atomic E-state index is 0.313. The smallest absolute Gasteiger partial charge is 0.325 e. The van der Waals surface area contributed by atoms with Crippen LogP contribution in [0.4, 0.5) is 4.79 Å². The Bertz CT molecular complexity index is 628. The van der Waals surface area contributed by atoms with Crippen LogP contribution in [0.15, 0.2) is 34.7 Å². The van der Waals surface area contributed by atoms with E-state index < -0.39 is 11.6 Å². The normalized spacial score (nSPS) is 23.8. The number of benzene rings is 1. The first-order valence-corrected chi connectivity index (χ1v) is 5.62. The van der Waals surface area contributed by atoms with Crippen molar-refractivity contribution in [1.29, 1.82) is 0 Å². The molecule has 1 N–H and O–H groups in total. The molecular formula is C13H12N2O3. The first-order valence-electron chi connectivity index (χ1n) is 5.62. The highest BCUT2D eigenvalue weighted by Crippen LogP contribution is 2.32. The third-order valence-corrected chi connectivity index (χ3v) is 3.31. The molecule has 1 aliphatic heterocycles. The third kappa shape index (κ3) is 1.27. The largest absolute Gasteiger partial charge is 0.458 e. The van der Waals surface area contributed by atoms with Crippen molar-refractivity contribution in [3.05, 3.63) is 36.1 Å². The Morgan fingerprint density at radius 1 is 1.28 bits per heavy atom. The first-order chi connectivity index (χ1) is 8.52. The molecule has 1 aromatic heterocycles. The standard InChI is InChI=1S/C13H12N2O3/c1-13(11(16)15(2)12(17)14-13)10-7-8-5-3-4-6-9(8)18-10/h3-7H,1-2H3,(H,14,17). The Morgan fingerprint density at radius 2 is 2.00 bits per heavy atom. The maximum absolute atomic E-state index is 12.1. The van der Waals surface area contributed by atoms with Crippen LogP contribution in [0.1, 0.15) is 12.7 Å². The fourth-order valence-corrected chi connectivity index (χ4v) is 2.17. The van der Waals surface area contributed by atoms with Gasteiger partial charge in [-0.3, -0.25) is 9.69 Å². The molecule has 1 atom stereocenters. The molecule has 18 heavy (non-hydrogen) atoms. The van der Waals surface area contributed by atoms with Gasteiger partial charge in [0.05, 0.1) is 0 Å². The topological polar surface area (TPSA) is 62.6 Å². The molecule has 3 rings (SSSR count). The first kappa shape index (κ1) is 10.8. The number of carbonyl (C=O) groups is 2. The summed E-state index contributed by atoms with van der Waals surface area (Å²) in [7, 11) is 1.45. The van der Waals surface area contributed by atoms with E-state index in [1.165, 1.54) is 7.05 Å². The summed E-state index contributed by atoms with van der Waals surface area (Å²) in [5.41, 5.74) is -0.421. The van der Waals surface area contributed by atoms with Crippen molar-refractivity contribution in [3.63, 3.8) is 0 Å². The second-order valence-corrected chi connectivity index (χ2v) is 4.57. The summed E-state index contributed by atoms with van der Waals surface area (Å²) in [4.78, 5) is 24.7. The number of nitrogens with one attached hydrogen (secondary N) is 1. The summed E-state index contributed by atoms with van der Waals surface area (Å²) in [6, 6.07) is 8.85. The fourth-order valence-electron chi connectivity index (χ4n) is 2.17. The maximum Gasteiger partial charge on any atom is 0.325 e. The van der Waals surface area contributed by atoms with Crippen LogP contribution in [0.5, 0.6) is 0 Å². The van der Waals surface area contributed by atoms with E-state index in [0.29, 0.717) is 11.3 Å². The van der Waals surface area contributed by atoms with Gasteiger partial charge >= 0.3 is 6.03 Å². The summed E-state index contributed by atoms with van der Waals surface area (Å²) in [6.45, 7) is 1.65. The van der Waals surface area contributed by atoms with Crippen LogP contribution >= 0.6 is 0 Å². The van der Waals surface area contributed by atoms with Crippen LogP contribution < -0.4 is 5.32 Å². The highest BCUT2D eigenvalue weighted by molar-refractivity contribution is 6.06. The molecule has 0 radical (unpaired) electrons. The predicted molar refractivity (Wildman–Crippen MR) is 64.9 cm³/mol. The number of hydrogen-bond acceptors (Lipinski definition) is 3. The van der Waals surface area contributed by atoms with Gasteiger partial charge in [0, 0.05) is 12.4 Å². The Hall–Kier alpha value is -2.30. The number of imide groups is 1. The van der Waals surface area contributed by atoms with Crippen LogP contribution in [-0.4, -0.2) is 23.9 Å². The molecule has 1 fully saturated rings. The van der Waals surface area contributed by atoms with E-state index in [2.05, 4.69) is 5.32 Å². The minimum Gasteiger partial charge on any atom is -0.458 e. The molecule has 5 nitrogen and oxygen atoms in total. The molecule has 3 amide bonds. The monoisotopic (exact) mass is 244 g/mol. The van der Waals surface area contributed by atoms with Gasteiger partial charge in [-0.15, -0.1) is 0 Å². The molecule has 2 heterocycles. The van der Waals surface area contributed by atoms with Gasteiger partial charge in [-0.2, -0.15) is 0 Å². The van der Waals surface area contributed by atoms with E-state index in [1.54, 1.807) is 13.0 Å².